The van der Waals surface area contributed by atoms with E-state index in [9.17, 15) is 4.21 Å². The molecule has 2 atom stereocenters. The minimum atomic E-state index is -0.833. The van der Waals surface area contributed by atoms with Crippen LogP contribution >= 0.6 is 0 Å². The molecule has 1 aromatic rings. The first-order valence-electron chi connectivity index (χ1n) is 4.66. The van der Waals surface area contributed by atoms with E-state index in [4.69, 9.17) is 5.73 Å². The highest BCUT2D eigenvalue weighted by atomic mass is 32.2. The van der Waals surface area contributed by atoms with Crippen molar-refractivity contribution < 1.29 is 4.21 Å². The summed E-state index contributed by atoms with van der Waals surface area (Å²) < 4.78 is 11.1. The topological polar surface area (TPSA) is 80.9 Å². The van der Waals surface area contributed by atoms with E-state index in [1.807, 2.05) is 13.8 Å². The fourth-order valence-electron chi connectivity index (χ4n) is 0.992. The lowest BCUT2D eigenvalue weighted by Gasteiger charge is -2.12. The minimum absolute atomic E-state index is 0.0839. The average Bonchev–Trinajstić information content (AvgIpc) is 2.18. The molecule has 3 N–H and O–H groups in total. The summed E-state index contributed by atoms with van der Waals surface area (Å²) in [5, 5.41) is 3.19. The predicted molar refractivity (Wildman–Crippen MR) is 63.2 cm³/mol. The Hall–Kier alpha value is -1.17. The van der Waals surface area contributed by atoms with Gasteiger partial charge in [-0.25, -0.2) is 4.98 Å². The van der Waals surface area contributed by atoms with Crippen molar-refractivity contribution in [2.45, 2.75) is 19.1 Å². The number of anilines is 2. The summed E-state index contributed by atoms with van der Waals surface area (Å²) in [6, 6.07) is 0. The van der Waals surface area contributed by atoms with E-state index in [2.05, 4.69) is 15.3 Å². The molecule has 0 amide bonds. The Morgan fingerprint density at radius 3 is 2.93 bits per heavy atom. The summed E-state index contributed by atoms with van der Waals surface area (Å²) in [5.74, 6) is 0.952. The minimum Gasteiger partial charge on any atom is -0.368 e. The molecule has 0 bridgehead atoms. The molecule has 84 valence electrons. The van der Waals surface area contributed by atoms with Gasteiger partial charge in [0.25, 0.3) is 0 Å². The zero-order chi connectivity index (χ0) is 11.4. The fourth-order valence-corrected chi connectivity index (χ4v) is 1.31. The highest BCUT2D eigenvalue weighted by Gasteiger charge is 2.07. The fraction of sp³-hybridized carbons (Fsp3) is 0.556. The molecule has 0 aromatic carbocycles. The zero-order valence-electron chi connectivity index (χ0n) is 9.15. The monoisotopic (exact) mass is 228 g/mol. The molecule has 0 spiro atoms. The molecule has 15 heavy (non-hydrogen) atoms. The Bertz CT molecular complexity index is 369. The van der Waals surface area contributed by atoms with Crippen LogP contribution < -0.4 is 11.1 Å². The van der Waals surface area contributed by atoms with E-state index < -0.39 is 10.8 Å². The van der Waals surface area contributed by atoms with Crippen LogP contribution in [0.3, 0.4) is 0 Å². The molecule has 0 aliphatic carbocycles. The Kier molecular flexibility index (Phi) is 4.02. The number of nitrogen functional groups attached to an aromatic ring is 1. The van der Waals surface area contributed by atoms with Crippen molar-refractivity contribution in [2.24, 2.45) is 0 Å². The first-order chi connectivity index (χ1) is 7.00. The maximum atomic E-state index is 11.1. The molecule has 2 unspecified atom stereocenters. The van der Waals surface area contributed by atoms with Crippen LogP contribution in [0.25, 0.3) is 0 Å². The van der Waals surface area contributed by atoms with Gasteiger partial charge in [-0.3, -0.25) is 4.21 Å². The van der Waals surface area contributed by atoms with Crippen molar-refractivity contribution in [3.63, 3.8) is 0 Å². The van der Waals surface area contributed by atoms with Crippen molar-refractivity contribution in [3.05, 3.63) is 11.8 Å². The lowest BCUT2D eigenvalue weighted by molar-refractivity contribution is 0.678. The van der Waals surface area contributed by atoms with Crippen LogP contribution in [0.15, 0.2) is 6.20 Å². The summed E-state index contributed by atoms with van der Waals surface area (Å²) in [7, 11) is -0.833. The summed E-state index contributed by atoms with van der Waals surface area (Å²) in [5.41, 5.74) is 6.40. The van der Waals surface area contributed by atoms with Crippen LogP contribution in [0, 0.1) is 6.92 Å². The second kappa shape index (κ2) is 5.06. The van der Waals surface area contributed by atoms with E-state index in [0.717, 1.165) is 5.56 Å². The highest BCUT2D eigenvalue weighted by Crippen LogP contribution is 2.10. The zero-order valence-corrected chi connectivity index (χ0v) is 9.97. The van der Waals surface area contributed by atoms with Crippen LogP contribution in [-0.4, -0.2) is 32.2 Å². The Morgan fingerprint density at radius 2 is 2.33 bits per heavy atom. The maximum absolute atomic E-state index is 11.1. The molecule has 0 aliphatic rings. The quantitative estimate of drug-likeness (QED) is 0.786. The number of aryl methyl sites for hydroxylation is 1. The molecule has 0 saturated heterocycles. The number of rotatable bonds is 4. The summed E-state index contributed by atoms with van der Waals surface area (Å²) in [6.07, 6.45) is 3.35. The first-order valence-corrected chi connectivity index (χ1v) is 6.28. The van der Waals surface area contributed by atoms with Crippen LogP contribution in [0.4, 0.5) is 11.8 Å². The highest BCUT2D eigenvalue weighted by molar-refractivity contribution is 7.84. The first kappa shape index (κ1) is 11.9. The number of aromatic nitrogens is 2. The normalized spacial score (nSPS) is 14.6. The maximum Gasteiger partial charge on any atom is 0.221 e. The van der Waals surface area contributed by atoms with E-state index in [1.54, 1.807) is 12.5 Å². The molecule has 0 aliphatic heterocycles. The number of nitrogens with one attached hydrogen (secondary N) is 1. The van der Waals surface area contributed by atoms with Gasteiger partial charge in [-0.1, -0.05) is 0 Å². The molecular formula is C9H16N4OS. The van der Waals surface area contributed by atoms with Gasteiger partial charge in [-0.2, -0.15) is 4.98 Å². The van der Waals surface area contributed by atoms with E-state index in [-0.39, 0.29) is 11.2 Å². The number of hydrogen-bond acceptors (Lipinski definition) is 5. The summed E-state index contributed by atoms with van der Waals surface area (Å²) >= 11 is 0. The molecule has 0 fully saturated rings. The summed E-state index contributed by atoms with van der Waals surface area (Å²) in [4.78, 5) is 7.93. The number of nitrogens with two attached hydrogens (primary N) is 1. The van der Waals surface area contributed by atoms with E-state index >= 15 is 0 Å². The van der Waals surface area contributed by atoms with Crippen molar-refractivity contribution in [2.75, 3.05) is 23.9 Å². The second-order valence-electron chi connectivity index (χ2n) is 3.45. The van der Waals surface area contributed by atoms with Crippen LogP contribution in [-0.2, 0) is 10.8 Å². The van der Waals surface area contributed by atoms with Crippen molar-refractivity contribution in [3.8, 4) is 0 Å². The van der Waals surface area contributed by atoms with Gasteiger partial charge in [-0.15, -0.1) is 0 Å². The van der Waals surface area contributed by atoms with Crippen molar-refractivity contribution in [1.82, 2.24) is 9.97 Å². The molecular weight excluding hydrogens is 212 g/mol. The lowest BCUT2D eigenvalue weighted by atomic mass is 10.3. The van der Waals surface area contributed by atoms with Gasteiger partial charge in [0.1, 0.15) is 5.82 Å². The predicted octanol–water partition coefficient (Wildman–Crippen LogP) is 0.546. The Morgan fingerprint density at radius 1 is 1.67 bits per heavy atom. The summed E-state index contributed by atoms with van der Waals surface area (Å²) in [6.45, 7) is 4.43. The lowest BCUT2D eigenvalue weighted by Crippen LogP contribution is -2.21. The van der Waals surface area contributed by atoms with E-state index in [0.29, 0.717) is 12.4 Å². The number of nitrogens with zero attached hydrogens (tertiary/aromatic N) is 2. The Balaban J connectivity index is 2.65. The van der Waals surface area contributed by atoms with Gasteiger partial charge in [0.05, 0.1) is 0 Å². The largest absolute Gasteiger partial charge is 0.368 e. The standard InChI is InChI=1S/C9H16N4OS/c1-6-4-12-9(10)13-8(6)11-5-7(2)15(3)14/h4,7H,5H2,1-3H3,(H3,10,11,12,13). The second-order valence-corrected chi connectivity index (χ2v) is 5.25. The smallest absolute Gasteiger partial charge is 0.221 e. The van der Waals surface area contributed by atoms with Crippen LogP contribution in [0.2, 0.25) is 0 Å². The van der Waals surface area contributed by atoms with Gasteiger partial charge in [0.15, 0.2) is 0 Å². The third-order valence-corrected chi connectivity index (χ3v) is 3.41. The van der Waals surface area contributed by atoms with Gasteiger partial charge in [0, 0.05) is 40.6 Å². The molecule has 0 saturated carbocycles. The van der Waals surface area contributed by atoms with E-state index in [1.165, 1.54) is 0 Å². The Labute approximate surface area is 92.0 Å². The molecule has 1 aromatic heterocycles. The molecule has 1 heterocycles. The SMILES string of the molecule is Cc1cnc(N)nc1NCC(C)S(C)=O. The van der Waals surface area contributed by atoms with Gasteiger partial charge < -0.3 is 11.1 Å². The molecule has 5 nitrogen and oxygen atoms in total. The third-order valence-electron chi connectivity index (χ3n) is 2.11. The van der Waals surface area contributed by atoms with Gasteiger partial charge >= 0.3 is 0 Å². The molecule has 6 heteroatoms. The van der Waals surface area contributed by atoms with Crippen molar-refractivity contribution >= 4 is 22.6 Å². The average molecular weight is 228 g/mol. The van der Waals surface area contributed by atoms with Crippen LogP contribution in [0.5, 0.6) is 0 Å². The third kappa shape index (κ3) is 3.47. The van der Waals surface area contributed by atoms with Gasteiger partial charge in [0.2, 0.25) is 5.95 Å². The van der Waals surface area contributed by atoms with Gasteiger partial charge in [-0.05, 0) is 13.8 Å². The van der Waals surface area contributed by atoms with Crippen LogP contribution in [0.1, 0.15) is 12.5 Å². The number of hydrogen-bond donors (Lipinski definition) is 2. The molecule has 0 radical (unpaired) electrons. The molecule has 1 rings (SSSR count). The van der Waals surface area contributed by atoms with Crippen molar-refractivity contribution in [1.29, 1.82) is 0 Å².